The van der Waals surface area contributed by atoms with Gasteiger partial charge in [-0.2, -0.15) is 11.8 Å². The first-order valence-electron chi connectivity index (χ1n) is 4.19. The standard InChI is InChI=1S/C8H20N2S/c1-7(2)10-4-5-11-6-8(3)9/h7-8,10H,4-6,9H2,1-3H3. The summed E-state index contributed by atoms with van der Waals surface area (Å²) in [5.74, 6) is 2.24. The molecule has 0 aliphatic rings. The first kappa shape index (κ1) is 11.3. The van der Waals surface area contributed by atoms with Crippen molar-refractivity contribution in [1.29, 1.82) is 0 Å². The van der Waals surface area contributed by atoms with E-state index in [4.69, 9.17) is 5.73 Å². The van der Waals surface area contributed by atoms with Crippen molar-refractivity contribution >= 4 is 11.8 Å². The Bertz CT molecular complexity index is 74.2. The van der Waals surface area contributed by atoms with Gasteiger partial charge in [0.1, 0.15) is 0 Å². The van der Waals surface area contributed by atoms with Crippen LogP contribution in [0.15, 0.2) is 0 Å². The molecule has 0 radical (unpaired) electrons. The average molecular weight is 176 g/mol. The van der Waals surface area contributed by atoms with Gasteiger partial charge in [-0.15, -0.1) is 0 Å². The zero-order valence-electron chi connectivity index (χ0n) is 7.76. The van der Waals surface area contributed by atoms with Gasteiger partial charge in [0.05, 0.1) is 0 Å². The van der Waals surface area contributed by atoms with Crippen LogP contribution < -0.4 is 11.1 Å². The zero-order valence-corrected chi connectivity index (χ0v) is 8.58. The molecule has 3 heteroatoms. The van der Waals surface area contributed by atoms with Crippen LogP contribution in [0.3, 0.4) is 0 Å². The van der Waals surface area contributed by atoms with Crippen molar-refractivity contribution in [2.24, 2.45) is 5.73 Å². The van der Waals surface area contributed by atoms with E-state index in [2.05, 4.69) is 19.2 Å². The van der Waals surface area contributed by atoms with Gasteiger partial charge >= 0.3 is 0 Å². The molecule has 0 heterocycles. The van der Waals surface area contributed by atoms with Crippen LogP contribution in [-0.2, 0) is 0 Å². The lowest BCUT2D eigenvalue weighted by Crippen LogP contribution is -2.26. The molecule has 0 aliphatic heterocycles. The molecule has 68 valence electrons. The molecule has 0 amide bonds. The van der Waals surface area contributed by atoms with E-state index >= 15 is 0 Å². The van der Waals surface area contributed by atoms with Gasteiger partial charge in [-0.25, -0.2) is 0 Å². The highest BCUT2D eigenvalue weighted by molar-refractivity contribution is 7.99. The lowest BCUT2D eigenvalue weighted by Gasteiger charge is -2.08. The van der Waals surface area contributed by atoms with E-state index in [0.717, 1.165) is 12.3 Å². The Balaban J connectivity index is 2.91. The van der Waals surface area contributed by atoms with Crippen molar-refractivity contribution < 1.29 is 0 Å². The second kappa shape index (κ2) is 6.95. The molecule has 0 aromatic heterocycles. The summed E-state index contributed by atoms with van der Waals surface area (Å²) >= 11 is 1.92. The van der Waals surface area contributed by atoms with Crippen molar-refractivity contribution in [2.45, 2.75) is 32.9 Å². The lowest BCUT2D eigenvalue weighted by atomic mass is 10.4. The number of hydrogen-bond donors (Lipinski definition) is 2. The van der Waals surface area contributed by atoms with Crippen LogP contribution in [0.4, 0.5) is 0 Å². The third-order valence-electron chi connectivity index (χ3n) is 1.18. The summed E-state index contributed by atoms with van der Waals surface area (Å²) in [5, 5.41) is 3.36. The zero-order chi connectivity index (χ0) is 8.69. The highest BCUT2D eigenvalue weighted by Gasteiger charge is 1.94. The molecule has 0 spiro atoms. The highest BCUT2D eigenvalue weighted by Crippen LogP contribution is 1.99. The van der Waals surface area contributed by atoms with E-state index in [1.165, 1.54) is 5.75 Å². The first-order valence-corrected chi connectivity index (χ1v) is 5.35. The smallest absolute Gasteiger partial charge is 0.0101 e. The van der Waals surface area contributed by atoms with E-state index < -0.39 is 0 Å². The molecule has 0 bridgehead atoms. The summed E-state index contributed by atoms with van der Waals surface area (Å²) in [6.07, 6.45) is 0. The molecular formula is C8H20N2S. The van der Waals surface area contributed by atoms with Crippen molar-refractivity contribution in [3.8, 4) is 0 Å². The van der Waals surface area contributed by atoms with Gasteiger partial charge in [0, 0.05) is 30.1 Å². The fourth-order valence-electron chi connectivity index (χ4n) is 0.689. The van der Waals surface area contributed by atoms with Crippen LogP contribution in [0.2, 0.25) is 0 Å². The number of nitrogens with two attached hydrogens (primary N) is 1. The maximum absolute atomic E-state index is 5.59. The predicted octanol–water partition coefficient (Wildman–Crippen LogP) is 1.06. The van der Waals surface area contributed by atoms with Crippen LogP contribution >= 0.6 is 11.8 Å². The maximum atomic E-state index is 5.59. The summed E-state index contributed by atoms with van der Waals surface area (Å²) < 4.78 is 0. The van der Waals surface area contributed by atoms with Crippen molar-refractivity contribution in [3.05, 3.63) is 0 Å². The van der Waals surface area contributed by atoms with E-state index in [9.17, 15) is 0 Å². The predicted molar refractivity (Wildman–Crippen MR) is 54.1 cm³/mol. The monoisotopic (exact) mass is 176 g/mol. The fourth-order valence-corrected chi connectivity index (χ4v) is 1.49. The SMILES string of the molecule is CC(N)CSCCNC(C)C. The minimum atomic E-state index is 0.332. The third-order valence-corrected chi connectivity index (χ3v) is 2.43. The summed E-state index contributed by atoms with van der Waals surface area (Å²) in [7, 11) is 0. The summed E-state index contributed by atoms with van der Waals surface area (Å²) in [4.78, 5) is 0. The average Bonchev–Trinajstić information content (AvgIpc) is 1.85. The molecule has 11 heavy (non-hydrogen) atoms. The Kier molecular flexibility index (Phi) is 7.12. The number of thioether (sulfide) groups is 1. The largest absolute Gasteiger partial charge is 0.327 e. The molecule has 0 fully saturated rings. The Morgan fingerprint density at radius 2 is 2.00 bits per heavy atom. The van der Waals surface area contributed by atoms with Crippen molar-refractivity contribution in [1.82, 2.24) is 5.32 Å². The van der Waals surface area contributed by atoms with Gasteiger partial charge in [0.15, 0.2) is 0 Å². The minimum absolute atomic E-state index is 0.332. The van der Waals surface area contributed by atoms with E-state index in [0.29, 0.717) is 12.1 Å². The van der Waals surface area contributed by atoms with Crippen LogP contribution in [0.5, 0.6) is 0 Å². The molecule has 0 saturated carbocycles. The molecule has 0 rings (SSSR count). The molecule has 0 saturated heterocycles. The van der Waals surface area contributed by atoms with Crippen LogP contribution in [0.1, 0.15) is 20.8 Å². The molecule has 0 aromatic carbocycles. The summed E-state index contributed by atoms with van der Waals surface area (Å²) in [5.41, 5.74) is 5.59. The van der Waals surface area contributed by atoms with Crippen molar-refractivity contribution in [2.75, 3.05) is 18.1 Å². The molecule has 1 atom stereocenters. The molecular weight excluding hydrogens is 156 g/mol. The Hall–Kier alpha value is 0.270. The summed E-state index contributed by atoms with van der Waals surface area (Å²) in [6.45, 7) is 7.46. The number of rotatable bonds is 6. The molecule has 1 unspecified atom stereocenters. The number of hydrogen-bond acceptors (Lipinski definition) is 3. The van der Waals surface area contributed by atoms with Gasteiger partial charge in [-0.3, -0.25) is 0 Å². The lowest BCUT2D eigenvalue weighted by molar-refractivity contribution is 0.616. The van der Waals surface area contributed by atoms with E-state index in [1.807, 2.05) is 18.7 Å². The Labute approximate surface area is 74.3 Å². The summed E-state index contributed by atoms with van der Waals surface area (Å²) in [6, 6.07) is 0.935. The van der Waals surface area contributed by atoms with Crippen LogP contribution in [0.25, 0.3) is 0 Å². The van der Waals surface area contributed by atoms with Gasteiger partial charge in [-0.1, -0.05) is 13.8 Å². The normalized spacial score (nSPS) is 13.9. The van der Waals surface area contributed by atoms with Gasteiger partial charge in [0.2, 0.25) is 0 Å². The van der Waals surface area contributed by atoms with Gasteiger partial charge in [0.25, 0.3) is 0 Å². The highest BCUT2D eigenvalue weighted by atomic mass is 32.2. The van der Waals surface area contributed by atoms with Crippen molar-refractivity contribution in [3.63, 3.8) is 0 Å². The van der Waals surface area contributed by atoms with E-state index in [1.54, 1.807) is 0 Å². The molecule has 0 aliphatic carbocycles. The van der Waals surface area contributed by atoms with Gasteiger partial charge < -0.3 is 11.1 Å². The second-order valence-electron chi connectivity index (χ2n) is 3.16. The van der Waals surface area contributed by atoms with Crippen LogP contribution in [-0.4, -0.2) is 30.1 Å². The second-order valence-corrected chi connectivity index (χ2v) is 4.31. The fraction of sp³-hybridized carbons (Fsp3) is 1.00. The minimum Gasteiger partial charge on any atom is -0.327 e. The third kappa shape index (κ3) is 10.3. The molecule has 3 N–H and O–H groups in total. The Morgan fingerprint density at radius 3 is 2.45 bits per heavy atom. The number of nitrogens with one attached hydrogen (secondary N) is 1. The maximum Gasteiger partial charge on any atom is 0.0101 e. The van der Waals surface area contributed by atoms with Gasteiger partial charge in [-0.05, 0) is 6.92 Å². The topological polar surface area (TPSA) is 38.0 Å². The molecule has 2 nitrogen and oxygen atoms in total. The first-order chi connectivity index (χ1) is 5.13. The quantitative estimate of drug-likeness (QED) is 0.594. The van der Waals surface area contributed by atoms with E-state index in [-0.39, 0.29) is 0 Å². The molecule has 0 aromatic rings. The van der Waals surface area contributed by atoms with Crippen LogP contribution in [0, 0.1) is 0 Å². The Morgan fingerprint density at radius 1 is 1.36 bits per heavy atom.